The molecule has 0 unspecified atom stereocenters. The van der Waals surface area contributed by atoms with Crippen molar-refractivity contribution >= 4 is 22.4 Å². The molecule has 0 radical (unpaired) electrons. The molecule has 2 heterocycles. The maximum atomic E-state index is 12.2. The maximum absolute atomic E-state index is 12.2. The summed E-state index contributed by atoms with van der Waals surface area (Å²) >= 11 is 1.56. The van der Waals surface area contributed by atoms with E-state index in [0.717, 1.165) is 17.4 Å². The first kappa shape index (κ1) is 16.9. The van der Waals surface area contributed by atoms with Crippen molar-refractivity contribution in [3.05, 3.63) is 11.1 Å². The zero-order valence-corrected chi connectivity index (χ0v) is 14.9. The molecule has 0 aromatic carbocycles. The quantitative estimate of drug-likeness (QED) is 0.866. The largest absolute Gasteiger partial charge is 0.302 e. The molecule has 1 saturated heterocycles. The van der Waals surface area contributed by atoms with Gasteiger partial charge in [-0.05, 0) is 44.7 Å². The Balaban J connectivity index is 1.45. The molecule has 3 rings (SSSR count). The fourth-order valence-corrected chi connectivity index (χ4v) is 4.50. The Hall–Kier alpha value is -0.940. The van der Waals surface area contributed by atoms with Crippen LogP contribution >= 0.6 is 11.3 Å². The summed E-state index contributed by atoms with van der Waals surface area (Å²) in [4.78, 5) is 19.3. The first-order chi connectivity index (χ1) is 11.3. The Morgan fingerprint density at radius 2 is 1.83 bits per heavy atom. The van der Waals surface area contributed by atoms with Gasteiger partial charge in [0, 0.05) is 18.3 Å². The Morgan fingerprint density at radius 3 is 2.57 bits per heavy atom. The van der Waals surface area contributed by atoms with Gasteiger partial charge in [-0.15, -0.1) is 11.3 Å². The summed E-state index contributed by atoms with van der Waals surface area (Å²) in [6, 6.07) is 0. The number of anilines is 1. The zero-order chi connectivity index (χ0) is 15.9. The second kappa shape index (κ2) is 8.78. The molecule has 5 heteroatoms. The van der Waals surface area contributed by atoms with Gasteiger partial charge < -0.3 is 5.32 Å². The highest BCUT2D eigenvalue weighted by atomic mass is 32.1. The predicted molar refractivity (Wildman–Crippen MR) is 95.7 cm³/mol. The van der Waals surface area contributed by atoms with Crippen molar-refractivity contribution in [2.45, 2.75) is 70.8 Å². The van der Waals surface area contributed by atoms with Crippen LogP contribution in [-0.2, 0) is 11.3 Å². The fraction of sp³-hybridized carbons (Fsp3) is 0.778. The van der Waals surface area contributed by atoms with E-state index in [0.29, 0.717) is 12.3 Å². The van der Waals surface area contributed by atoms with Crippen LogP contribution < -0.4 is 5.32 Å². The molecule has 2 fully saturated rings. The lowest BCUT2D eigenvalue weighted by Crippen LogP contribution is -2.24. The summed E-state index contributed by atoms with van der Waals surface area (Å²) in [6.45, 7) is 3.29. The van der Waals surface area contributed by atoms with E-state index in [1.165, 1.54) is 70.9 Å². The van der Waals surface area contributed by atoms with E-state index in [-0.39, 0.29) is 5.91 Å². The number of hydrogen-bond acceptors (Lipinski definition) is 4. The van der Waals surface area contributed by atoms with E-state index in [1.807, 2.05) is 0 Å². The van der Waals surface area contributed by atoms with Crippen LogP contribution in [0.3, 0.4) is 0 Å². The van der Waals surface area contributed by atoms with Gasteiger partial charge in [0.15, 0.2) is 5.13 Å². The molecule has 1 saturated carbocycles. The highest BCUT2D eigenvalue weighted by Gasteiger charge is 2.18. The molecule has 1 N–H and O–H groups in total. The van der Waals surface area contributed by atoms with Crippen molar-refractivity contribution in [2.75, 3.05) is 18.4 Å². The molecule has 1 aliphatic heterocycles. The van der Waals surface area contributed by atoms with Crippen LogP contribution in [0.2, 0.25) is 0 Å². The van der Waals surface area contributed by atoms with E-state index in [9.17, 15) is 4.79 Å². The molecule has 1 aromatic rings. The number of carbonyl (C=O) groups excluding carboxylic acids is 1. The third kappa shape index (κ3) is 5.57. The molecule has 1 aromatic heterocycles. The summed E-state index contributed by atoms with van der Waals surface area (Å²) in [6.07, 6.45) is 12.3. The van der Waals surface area contributed by atoms with Crippen molar-refractivity contribution in [1.82, 2.24) is 9.88 Å². The van der Waals surface area contributed by atoms with Gasteiger partial charge in [0.25, 0.3) is 0 Å². The summed E-state index contributed by atoms with van der Waals surface area (Å²) < 4.78 is 0. The van der Waals surface area contributed by atoms with Gasteiger partial charge in [0.1, 0.15) is 0 Å². The molecule has 1 aliphatic carbocycles. The van der Waals surface area contributed by atoms with Crippen LogP contribution in [-0.4, -0.2) is 28.9 Å². The maximum Gasteiger partial charge on any atom is 0.226 e. The predicted octanol–water partition coefficient (Wildman–Crippen LogP) is 4.43. The fourth-order valence-electron chi connectivity index (χ4n) is 3.78. The number of nitrogens with one attached hydrogen (secondary N) is 1. The Labute approximate surface area is 143 Å². The molecular formula is C18H29N3OS. The summed E-state index contributed by atoms with van der Waals surface area (Å²) in [5, 5.41) is 5.88. The van der Waals surface area contributed by atoms with Gasteiger partial charge in [-0.1, -0.05) is 32.1 Å². The number of carbonyl (C=O) groups is 1. The lowest BCUT2D eigenvalue weighted by atomic mass is 9.87. The van der Waals surface area contributed by atoms with E-state index in [4.69, 9.17) is 0 Å². The lowest BCUT2D eigenvalue weighted by molar-refractivity contribution is -0.117. The molecule has 23 heavy (non-hydrogen) atoms. The van der Waals surface area contributed by atoms with Crippen molar-refractivity contribution in [1.29, 1.82) is 0 Å². The normalized spacial score (nSPS) is 21.0. The number of amides is 1. The smallest absolute Gasteiger partial charge is 0.226 e. The first-order valence-corrected chi connectivity index (χ1v) is 10.1. The minimum absolute atomic E-state index is 0.146. The summed E-state index contributed by atoms with van der Waals surface area (Å²) in [5.74, 6) is 0.729. The molecule has 1 amide bonds. The van der Waals surface area contributed by atoms with Crippen molar-refractivity contribution in [3.63, 3.8) is 0 Å². The van der Waals surface area contributed by atoms with Crippen molar-refractivity contribution in [2.24, 2.45) is 5.92 Å². The number of aromatic nitrogens is 1. The Bertz CT molecular complexity index is 488. The number of nitrogens with zero attached hydrogens (tertiary/aromatic N) is 2. The third-order valence-corrected chi connectivity index (χ3v) is 5.89. The van der Waals surface area contributed by atoms with Crippen LogP contribution in [0, 0.1) is 5.92 Å². The highest BCUT2D eigenvalue weighted by molar-refractivity contribution is 7.13. The SMILES string of the molecule is O=C(CC1CCCCC1)Nc1nc(CN2CCCCCC2)cs1. The average molecular weight is 336 g/mol. The highest BCUT2D eigenvalue weighted by Crippen LogP contribution is 2.27. The van der Waals surface area contributed by atoms with E-state index >= 15 is 0 Å². The summed E-state index contributed by atoms with van der Waals surface area (Å²) in [7, 11) is 0. The number of hydrogen-bond donors (Lipinski definition) is 1. The van der Waals surface area contributed by atoms with Gasteiger partial charge >= 0.3 is 0 Å². The monoisotopic (exact) mass is 335 g/mol. The molecule has 4 nitrogen and oxygen atoms in total. The molecule has 0 bridgehead atoms. The Morgan fingerprint density at radius 1 is 1.13 bits per heavy atom. The second-order valence-electron chi connectivity index (χ2n) is 7.09. The molecule has 0 spiro atoms. The molecular weight excluding hydrogens is 306 g/mol. The van der Waals surface area contributed by atoms with E-state index in [2.05, 4.69) is 20.6 Å². The van der Waals surface area contributed by atoms with E-state index in [1.54, 1.807) is 11.3 Å². The van der Waals surface area contributed by atoms with Gasteiger partial charge in [0.05, 0.1) is 5.69 Å². The van der Waals surface area contributed by atoms with Crippen molar-refractivity contribution in [3.8, 4) is 0 Å². The topological polar surface area (TPSA) is 45.2 Å². The van der Waals surface area contributed by atoms with Crippen LogP contribution in [0.5, 0.6) is 0 Å². The minimum atomic E-state index is 0.146. The van der Waals surface area contributed by atoms with Crippen molar-refractivity contribution < 1.29 is 4.79 Å². The molecule has 0 atom stereocenters. The van der Waals surface area contributed by atoms with Crippen LogP contribution in [0.15, 0.2) is 5.38 Å². The van der Waals surface area contributed by atoms with Gasteiger partial charge in [-0.25, -0.2) is 4.98 Å². The zero-order valence-electron chi connectivity index (χ0n) is 14.1. The number of rotatable bonds is 5. The average Bonchev–Trinajstić information content (AvgIpc) is 2.81. The standard InChI is InChI=1S/C18H29N3OS/c22-17(12-15-8-4-3-5-9-15)20-18-19-16(14-23-18)13-21-10-6-1-2-7-11-21/h14-15H,1-13H2,(H,19,20,22). The van der Waals surface area contributed by atoms with Crippen LogP contribution in [0.1, 0.15) is 69.9 Å². The first-order valence-electron chi connectivity index (χ1n) is 9.26. The summed E-state index contributed by atoms with van der Waals surface area (Å²) in [5.41, 5.74) is 1.10. The number of likely N-dealkylation sites (tertiary alicyclic amines) is 1. The van der Waals surface area contributed by atoms with E-state index < -0.39 is 0 Å². The van der Waals surface area contributed by atoms with Gasteiger partial charge in [-0.3, -0.25) is 9.69 Å². The van der Waals surface area contributed by atoms with Gasteiger partial charge in [-0.2, -0.15) is 0 Å². The lowest BCUT2D eigenvalue weighted by Gasteiger charge is -2.20. The minimum Gasteiger partial charge on any atom is -0.302 e. The molecule has 128 valence electrons. The van der Waals surface area contributed by atoms with Crippen LogP contribution in [0.4, 0.5) is 5.13 Å². The molecule has 2 aliphatic rings. The third-order valence-electron chi connectivity index (χ3n) is 5.08. The Kier molecular flexibility index (Phi) is 6.46. The second-order valence-corrected chi connectivity index (χ2v) is 7.95. The van der Waals surface area contributed by atoms with Crippen LogP contribution in [0.25, 0.3) is 0 Å². The van der Waals surface area contributed by atoms with Gasteiger partial charge in [0.2, 0.25) is 5.91 Å². The number of thiazole rings is 1.